The Morgan fingerprint density at radius 1 is 1.24 bits per heavy atom. The monoisotopic (exact) mass is 478 g/mol. The zero-order valence-electron chi connectivity index (χ0n) is 18.1. The van der Waals surface area contributed by atoms with Crippen molar-refractivity contribution in [1.82, 2.24) is 0 Å². The zero-order valence-corrected chi connectivity index (χ0v) is 18.9. The highest BCUT2D eigenvalue weighted by molar-refractivity contribution is 8.14. The van der Waals surface area contributed by atoms with E-state index in [0.717, 1.165) is 30.5 Å². The Hall–Kier alpha value is -2.54. The van der Waals surface area contributed by atoms with Gasteiger partial charge < -0.3 is 15.1 Å². The number of halogens is 3. The van der Waals surface area contributed by atoms with Crippen LogP contribution in [0.3, 0.4) is 0 Å². The Kier molecular flexibility index (Phi) is 8.05. The van der Waals surface area contributed by atoms with Gasteiger partial charge in [-0.1, -0.05) is 30.0 Å². The molecule has 176 valence electrons. The van der Waals surface area contributed by atoms with Crippen LogP contribution in [0.15, 0.2) is 42.0 Å². The molecule has 2 aromatic carbocycles. The molecule has 2 unspecified atom stereocenters. The van der Waals surface area contributed by atoms with Gasteiger partial charge in [-0.3, -0.25) is 4.79 Å². The van der Waals surface area contributed by atoms with Crippen molar-refractivity contribution >= 4 is 38.9 Å². The maximum Gasteiger partial charge on any atom is 0.418 e. The number of aliphatic hydroxyl groups is 2. The summed E-state index contributed by atoms with van der Waals surface area (Å²) in [5, 5.41) is 27.8. The quantitative estimate of drug-likeness (QED) is 0.464. The fourth-order valence-corrected chi connectivity index (χ4v) is 4.74. The maximum atomic E-state index is 14.0. The summed E-state index contributed by atoms with van der Waals surface area (Å²) in [4.78, 5) is 14.6. The number of aliphatic hydroxyl groups excluding tert-OH is 2. The van der Waals surface area contributed by atoms with Crippen LogP contribution in [-0.2, 0) is 4.79 Å². The number of carbonyl (C=O) groups is 1. The number of hydrogen-bond donors (Lipinski definition) is 2. The van der Waals surface area contributed by atoms with Crippen molar-refractivity contribution < 1.29 is 28.2 Å². The van der Waals surface area contributed by atoms with Crippen LogP contribution >= 0.6 is 11.8 Å². The fourth-order valence-electron chi connectivity index (χ4n) is 4.00. The summed E-state index contributed by atoms with van der Waals surface area (Å²) in [6, 6.07) is 11.5. The van der Waals surface area contributed by atoms with Gasteiger partial charge in [0.1, 0.15) is 11.6 Å². The van der Waals surface area contributed by atoms with Crippen LogP contribution in [-0.4, -0.2) is 52.6 Å². The number of rotatable bonds is 6. The van der Waals surface area contributed by atoms with E-state index >= 15 is 0 Å². The first-order valence-electron chi connectivity index (χ1n) is 10.6. The van der Waals surface area contributed by atoms with E-state index in [4.69, 9.17) is 5.11 Å². The minimum Gasteiger partial charge on any atom is -0.394 e. The molecule has 5 nitrogen and oxygen atoms in total. The molecule has 0 saturated carbocycles. The van der Waals surface area contributed by atoms with Gasteiger partial charge in [0.2, 0.25) is 5.12 Å². The second kappa shape index (κ2) is 10.6. The SMILES string of the molecule is CC1CCCCN1c1ccc2cc(/C(=C(\C#N)C(=O)SCC(O)CO)C(F)(F)F)ccc2c1. The molecular formula is C24H25F3N2O3S. The number of fused-ring (bicyclic) bond motifs is 1. The number of anilines is 1. The molecule has 1 fully saturated rings. The summed E-state index contributed by atoms with van der Waals surface area (Å²) >= 11 is 0.368. The van der Waals surface area contributed by atoms with Gasteiger partial charge in [-0.25, -0.2) is 0 Å². The number of carbonyl (C=O) groups excluding carboxylic acids is 1. The Labute approximate surface area is 194 Å². The molecule has 0 aliphatic carbocycles. The molecule has 2 aromatic rings. The number of alkyl halides is 3. The molecule has 1 heterocycles. The average Bonchev–Trinajstić information content (AvgIpc) is 2.79. The van der Waals surface area contributed by atoms with Crippen molar-refractivity contribution in [1.29, 1.82) is 5.26 Å². The van der Waals surface area contributed by atoms with Crippen molar-refractivity contribution in [2.75, 3.05) is 23.8 Å². The molecule has 9 heteroatoms. The van der Waals surface area contributed by atoms with E-state index in [9.17, 15) is 28.3 Å². The summed E-state index contributed by atoms with van der Waals surface area (Å²) in [7, 11) is 0. The first kappa shape index (κ1) is 25.1. The number of benzene rings is 2. The third-order valence-electron chi connectivity index (χ3n) is 5.71. The lowest BCUT2D eigenvalue weighted by atomic mass is 9.96. The molecule has 1 aliphatic rings. The molecule has 2 N–H and O–H groups in total. The number of thioether (sulfide) groups is 1. The second-order valence-electron chi connectivity index (χ2n) is 8.08. The van der Waals surface area contributed by atoms with E-state index in [-0.39, 0.29) is 11.3 Å². The highest BCUT2D eigenvalue weighted by Crippen LogP contribution is 2.39. The van der Waals surface area contributed by atoms with E-state index in [1.54, 1.807) is 12.1 Å². The Bertz CT molecular complexity index is 1090. The number of hydrogen-bond acceptors (Lipinski definition) is 6. The molecule has 2 atom stereocenters. The van der Waals surface area contributed by atoms with Crippen molar-refractivity contribution in [3.63, 3.8) is 0 Å². The van der Waals surface area contributed by atoms with Gasteiger partial charge in [0.05, 0.1) is 18.3 Å². The lowest BCUT2D eigenvalue weighted by Gasteiger charge is -2.35. The fraction of sp³-hybridized carbons (Fsp3) is 0.417. The summed E-state index contributed by atoms with van der Waals surface area (Å²) in [6.45, 7) is 2.45. The largest absolute Gasteiger partial charge is 0.418 e. The van der Waals surface area contributed by atoms with Crippen LogP contribution in [0.25, 0.3) is 16.3 Å². The third-order valence-corrected chi connectivity index (χ3v) is 6.73. The van der Waals surface area contributed by atoms with E-state index in [1.807, 2.05) is 12.1 Å². The van der Waals surface area contributed by atoms with E-state index in [1.165, 1.54) is 24.6 Å². The van der Waals surface area contributed by atoms with Crippen LogP contribution in [0.2, 0.25) is 0 Å². The summed E-state index contributed by atoms with van der Waals surface area (Å²) in [6.07, 6.45) is -2.84. The molecule has 33 heavy (non-hydrogen) atoms. The predicted molar refractivity (Wildman–Crippen MR) is 124 cm³/mol. The van der Waals surface area contributed by atoms with Crippen LogP contribution in [0.1, 0.15) is 31.7 Å². The van der Waals surface area contributed by atoms with E-state index < -0.39 is 35.1 Å². The van der Waals surface area contributed by atoms with Gasteiger partial charge in [-0.05, 0) is 60.7 Å². The van der Waals surface area contributed by atoms with E-state index in [0.29, 0.717) is 23.2 Å². The smallest absolute Gasteiger partial charge is 0.394 e. The summed E-state index contributed by atoms with van der Waals surface area (Å²) in [5.74, 6) is -0.318. The van der Waals surface area contributed by atoms with Crippen LogP contribution in [0.4, 0.5) is 18.9 Å². The molecule has 0 bridgehead atoms. The Balaban J connectivity index is 2.00. The first-order valence-corrected chi connectivity index (χ1v) is 11.6. The van der Waals surface area contributed by atoms with Crippen molar-refractivity contribution in [2.24, 2.45) is 0 Å². The van der Waals surface area contributed by atoms with Gasteiger partial charge >= 0.3 is 6.18 Å². The second-order valence-corrected chi connectivity index (χ2v) is 9.07. The van der Waals surface area contributed by atoms with Crippen molar-refractivity contribution in [2.45, 2.75) is 44.5 Å². The normalized spacial score (nSPS) is 18.6. The Morgan fingerprint density at radius 3 is 2.58 bits per heavy atom. The third kappa shape index (κ3) is 5.88. The van der Waals surface area contributed by atoms with Gasteiger partial charge in [-0.2, -0.15) is 18.4 Å². The zero-order chi connectivity index (χ0) is 24.2. The molecular weight excluding hydrogens is 453 g/mol. The van der Waals surface area contributed by atoms with Crippen molar-refractivity contribution in [3.8, 4) is 6.07 Å². The van der Waals surface area contributed by atoms with Crippen LogP contribution < -0.4 is 4.90 Å². The standard InChI is InChI=1S/C24H25F3N2O3S/c1-15-4-2-3-9-29(15)19-8-7-16-10-18(6-5-17(16)11-19)22(24(25,26)27)21(12-28)23(32)33-14-20(31)13-30/h5-8,10-11,15,20,30-31H,2-4,9,13-14H2,1H3/b22-21-. The number of nitriles is 1. The number of nitrogens with zero attached hydrogens (tertiary/aromatic N) is 2. The van der Waals surface area contributed by atoms with Crippen molar-refractivity contribution in [3.05, 3.63) is 47.5 Å². The van der Waals surface area contributed by atoms with Gasteiger partial charge in [0.25, 0.3) is 0 Å². The highest BCUT2D eigenvalue weighted by Gasteiger charge is 2.39. The molecule has 0 amide bonds. The van der Waals surface area contributed by atoms with Gasteiger partial charge in [0.15, 0.2) is 0 Å². The summed E-state index contributed by atoms with van der Waals surface area (Å²) in [5.41, 5.74) is -1.60. The number of allylic oxidation sites excluding steroid dienone is 1. The van der Waals surface area contributed by atoms with E-state index in [2.05, 4.69) is 11.8 Å². The molecule has 0 spiro atoms. The Morgan fingerprint density at radius 2 is 1.94 bits per heavy atom. The topological polar surface area (TPSA) is 84.6 Å². The van der Waals surface area contributed by atoms with Gasteiger partial charge in [0, 0.05) is 24.0 Å². The van der Waals surface area contributed by atoms with Crippen LogP contribution in [0, 0.1) is 11.3 Å². The average molecular weight is 479 g/mol. The molecule has 0 aromatic heterocycles. The first-order chi connectivity index (χ1) is 15.7. The lowest BCUT2D eigenvalue weighted by molar-refractivity contribution is -0.108. The number of piperidine rings is 1. The molecule has 1 aliphatic heterocycles. The molecule has 3 rings (SSSR count). The summed E-state index contributed by atoms with van der Waals surface area (Å²) < 4.78 is 41.9. The minimum atomic E-state index is -4.94. The molecule has 1 saturated heterocycles. The van der Waals surface area contributed by atoms with Gasteiger partial charge in [-0.15, -0.1) is 0 Å². The lowest BCUT2D eigenvalue weighted by Crippen LogP contribution is -2.37. The molecule has 0 radical (unpaired) electrons. The van der Waals surface area contributed by atoms with Crippen LogP contribution in [0.5, 0.6) is 0 Å². The minimum absolute atomic E-state index is 0.276. The maximum absolute atomic E-state index is 14.0. The highest BCUT2D eigenvalue weighted by atomic mass is 32.2. The predicted octanol–water partition coefficient (Wildman–Crippen LogP) is 4.67.